The third-order valence-electron chi connectivity index (χ3n) is 4.45. The number of amidine groups is 1. The van der Waals surface area contributed by atoms with Gasteiger partial charge in [-0.3, -0.25) is 9.69 Å². The Labute approximate surface area is 189 Å². The van der Waals surface area contributed by atoms with Crippen molar-refractivity contribution >= 4 is 51.9 Å². The number of amides is 1. The number of halogens is 1. The van der Waals surface area contributed by atoms with Crippen LogP contribution < -0.4 is 9.64 Å². The lowest BCUT2D eigenvalue weighted by molar-refractivity contribution is -0.113. The van der Waals surface area contributed by atoms with E-state index in [1.807, 2.05) is 67.6 Å². The molecule has 1 aliphatic heterocycles. The lowest BCUT2D eigenvalue weighted by Gasteiger charge is -2.15. The van der Waals surface area contributed by atoms with Gasteiger partial charge in [0.25, 0.3) is 5.91 Å². The quantitative estimate of drug-likeness (QED) is 0.466. The second-order valence-corrected chi connectivity index (χ2v) is 8.02. The Balaban J connectivity index is 1.76. The molecule has 7 heteroatoms. The molecule has 5 nitrogen and oxygen atoms in total. The Kier molecular flexibility index (Phi) is 6.30. The maximum atomic E-state index is 13.3. The molecule has 156 valence electrons. The van der Waals surface area contributed by atoms with Gasteiger partial charge in [0.15, 0.2) is 16.7 Å². The molecule has 3 aromatic carbocycles. The van der Waals surface area contributed by atoms with E-state index in [1.165, 1.54) is 11.8 Å². The molecule has 0 radical (unpaired) electrons. The number of hydrogen-bond donors (Lipinski definition) is 1. The summed E-state index contributed by atoms with van der Waals surface area (Å²) in [7, 11) is 0. The molecule has 0 saturated carbocycles. The van der Waals surface area contributed by atoms with Gasteiger partial charge in [-0.05, 0) is 66.7 Å². The summed E-state index contributed by atoms with van der Waals surface area (Å²) >= 11 is 7.43. The summed E-state index contributed by atoms with van der Waals surface area (Å²) in [5.74, 6) is -0.0308. The maximum Gasteiger partial charge on any atom is 0.271 e. The van der Waals surface area contributed by atoms with Gasteiger partial charge in [0.2, 0.25) is 0 Å². The zero-order chi connectivity index (χ0) is 21.8. The number of rotatable bonds is 5. The molecule has 1 saturated heterocycles. The van der Waals surface area contributed by atoms with Crippen molar-refractivity contribution in [3.63, 3.8) is 0 Å². The van der Waals surface area contributed by atoms with Crippen LogP contribution in [-0.4, -0.2) is 22.8 Å². The number of phenols is 1. The number of nitrogens with zero attached hydrogens (tertiary/aromatic N) is 2. The number of ether oxygens (including phenoxy) is 1. The number of carbonyl (C=O) groups excluding carboxylic acids is 1. The summed E-state index contributed by atoms with van der Waals surface area (Å²) < 4.78 is 5.45. The molecule has 0 spiro atoms. The Morgan fingerprint density at radius 3 is 2.45 bits per heavy atom. The first kappa shape index (κ1) is 21.0. The fourth-order valence-corrected chi connectivity index (χ4v) is 4.28. The van der Waals surface area contributed by atoms with Crippen molar-refractivity contribution in [1.29, 1.82) is 0 Å². The molecular weight excluding hydrogens is 432 g/mol. The number of anilines is 1. The van der Waals surface area contributed by atoms with Gasteiger partial charge in [0.1, 0.15) is 0 Å². The van der Waals surface area contributed by atoms with Crippen molar-refractivity contribution < 1.29 is 14.6 Å². The number of thioether (sulfide) groups is 1. The smallest absolute Gasteiger partial charge is 0.271 e. The average molecular weight is 451 g/mol. The van der Waals surface area contributed by atoms with E-state index in [2.05, 4.69) is 4.99 Å². The molecule has 31 heavy (non-hydrogen) atoms. The van der Waals surface area contributed by atoms with Crippen LogP contribution in [0.4, 0.5) is 11.4 Å². The number of aromatic hydroxyl groups is 1. The van der Waals surface area contributed by atoms with Crippen LogP contribution >= 0.6 is 23.4 Å². The van der Waals surface area contributed by atoms with Crippen molar-refractivity contribution in [2.24, 2.45) is 4.99 Å². The van der Waals surface area contributed by atoms with Crippen LogP contribution in [0.3, 0.4) is 0 Å². The minimum Gasteiger partial charge on any atom is -0.503 e. The molecule has 3 aromatic rings. The van der Waals surface area contributed by atoms with Gasteiger partial charge in [-0.2, -0.15) is 0 Å². The molecule has 4 rings (SSSR count). The largest absolute Gasteiger partial charge is 0.503 e. The van der Waals surface area contributed by atoms with Gasteiger partial charge < -0.3 is 9.84 Å². The van der Waals surface area contributed by atoms with Crippen LogP contribution in [0.2, 0.25) is 5.02 Å². The van der Waals surface area contributed by atoms with Crippen molar-refractivity contribution in [3.05, 3.63) is 88.3 Å². The van der Waals surface area contributed by atoms with Crippen LogP contribution in [0.25, 0.3) is 6.08 Å². The summed E-state index contributed by atoms with van der Waals surface area (Å²) in [5.41, 5.74) is 2.14. The molecule has 0 aliphatic carbocycles. The number of hydrogen-bond acceptors (Lipinski definition) is 5. The van der Waals surface area contributed by atoms with Crippen LogP contribution in [-0.2, 0) is 4.79 Å². The molecule has 1 heterocycles. The molecule has 0 atom stereocenters. The van der Waals surface area contributed by atoms with Crippen LogP contribution in [0, 0.1) is 0 Å². The Morgan fingerprint density at radius 2 is 1.77 bits per heavy atom. The Bertz CT molecular complexity index is 1160. The van der Waals surface area contributed by atoms with E-state index in [0.717, 1.165) is 11.4 Å². The average Bonchev–Trinajstić information content (AvgIpc) is 3.07. The number of carbonyl (C=O) groups is 1. The number of aliphatic imine (C=N–C) groups is 1. The highest BCUT2D eigenvalue weighted by Gasteiger charge is 2.34. The van der Waals surface area contributed by atoms with Crippen LogP contribution in [0.1, 0.15) is 12.5 Å². The molecule has 0 bridgehead atoms. The molecular formula is C24H19ClN2O3S. The minimum atomic E-state index is -0.187. The third kappa shape index (κ3) is 4.60. The Morgan fingerprint density at radius 1 is 1.10 bits per heavy atom. The summed E-state index contributed by atoms with van der Waals surface area (Å²) in [6, 6.07) is 22.1. The van der Waals surface area contributed by atoms with Crippen LogP contribution in [0.15, 0.2) is 82.7 Å². The lowest BCUT2D eigenvalue weighted by Crippen LogP contribution is -2.28. The molecule has 1 N–H and O–H groups in total. The number of phenolic OH excluding ortho intramolecular Hbond substituents is 1. The summed E-state index contributed by atoms with van der Waals surface area (Å²) in [4.78, 5) is 20.1. The van der Waals surface area contributed by atoms with E-state index in [9.17, 15) is 9.90 Å². The second kappa shape index (κ2) is 9.29. The number of benzene rings is 3. The number of para-hydroxylation sites is 2. The van der Waals surface area contributed by atoms with Gasteiger partial charge in [-0.25, -0.2) is 4.99 Å². The van der Waals surface area contributed by atoms with Gasteiger partial charge in [0.05, 0.1) is 27.9 Å². The topological polar surface area (TPSA) is 62.1 Å². The SMILES string of the molecule is CCOc1cc(C=C2SC(=Nc3ccccc3)N(c3ccccc3)C2=O)cc(Cl)c1O. The van der Waals surface area contributed by atoms with Gasteiger partial charge in [0, 0.05) is 0 Å². The van der Waals surface area contributed by atoms with Crippen molar-refractivity contribution in [2.75, 3.05) is 11.5 Å². The standard InChI is InChI=1S/C24H19ClN2O3S/c1-2-30-20-14-16(13-19(25)22(20)28)15-21-23(29)27(18-11-7-4-8-12-18)24(31-21)26-17-9-5-3-6-10-17/h3-15,28H,2H2,1H3. The molecule has 1 fully saturated rings. The fraction of sp³-hybridized carbons (Fsp3) is 0.0833. The monoisotopic (exact) mass is 450 g/mol. The first-order chi connectivity index (χ1) is 15.1. The van der Waals surface area contributed by atoms with Gasteiger partial charge >= 0.3 is 0 Å². The molecule has 0 unspecified atom stereocenters. The zero-order valence-electron chi connectivity index (χ0n) is 16.7. The molecule has 0 aromatic heterocycles. The maximum absolute atomic E-state index is 13.3. The minimum absolute atomic E-state index is 0.117. The highest BCUT2D eigenvalue weighted by molar-refractivity contribution is 8.19. The van der Waals surface area contributed by atoms with E-state index in [4.69, 9.17) is 16.3 Å². The first-order valence-corrected chi connectivity index (χ1v) is 10.8. The zero-order valence-corrected chi connectivity index (χ0v) is 18.2. The summed E-state index contributed by atoms with van der Waals surface area (Å²) in [6.07, 6.45) is 1.73. The van der Waals surface area contributed by atoms with Gasteiger partial charge in [-0.1, -0.05) is 48.0 Å². The van der Waals surface area contributed by atoms with E-state index >= 15 is 0 Å². The van der Waals surface area contributed by atoms with E-state index in [-0.39, 0.29) is 22.4 Å². The summed E-state index contributed by atoms with van der Waals surface area (Å²) in [5, 5.41) is 10.8. The predicted molar refractivity (Wildman–Crippen MR) is 127 cm³/mol. The van der Waals surface area contributed by atoms with E-state index in [1.54, 1.807) is 23.1 Å². The van der Waals surface area contributed by atoms with E-state index in [0.29, 0.717) is 22.2 Å². The normalized spacial score (nSPS) is 16.3. The van der Waals surface area contributed by atoms with Crippen molar-refractivity contribution in [1.82, 2.24) is 0 Å². The highest BCUT2D eigenvalue weighted by Crippen LogP contribution is 2.40. The third-order valence-corrected chi connectivity index (χ3v) is 5.71. The fourth-order valence-electron chi connectivity index (χ4n) is 3.06. The molecule has 1 aliphatic rings. The summed E-state index contributed by atoms with van der Waals surface area (Å²) in [6.45, 7) is 2.20. The van der Waals surface area contributed by atoms with Crippen molar-refractivity contribution in [2.45, 2.75) is 6.92 Å². The second-order valence-electron chi connectivity index (χ2n) is 6.60. The molecule has 1 amide bonds. The Hall–Kier alpha value is -3.22. The van der Waals surface area contributed by atoms with Crippen molar-refractivity contribution in [3.8, 4) is 11.5 Å². The first-order valence-electron chi connectivity index (χ1n) is 9.65. The highest BCUT2D eigenvalue weighted by atomic mass is 35.5. The predicted octanol–water partition coefficient (Wildman–Crippen LogP) is 6.25. The lowest BCUT2D eigenvalue weighted by atomic mass is 10.1. The van der Waals surface area contributed by atoms with Gasteiger partial charge in [-0.15, -0.1) is 0 Å². The van der Waals surface area contributed by atoms with Crippen LogP contribution in [0.5, 0.6) is 11.5 Å². The van der Waals surface area contributed by atoms with E-state index < -0.39 is 0 Å².